The zero-order chi connectivity index (χ0) is 20.1. The van der Waals surface area contributed by atoms with E-state index in [0.717, 1.165) is 12.1 Å². The maximum absolute atomic E-state index is 14.6. The second-order valence-electron chi connectivity index (χ2n) is 6.72. The number of hydrogen-bond donors (Lipinski definition) is 0. The standard InChI is InChI=1S/C19H15F4N3O2/c1-19(22,23)10-28-12-7-13(20)18(14(21)8-12)15-9-17(27)26(15)11-2-4-25-5-3-24-16(25)6-11/h2-8,15H,9-10H2,1H3. The quantitative estimate of drug-likeness (QED) is 0.484. The Labute approximate surface area is 157 Å². The van der Waals surface area contributed by atoms with E-state index in [2.05, 4.69) is 4.98 Å². The number of ether oxygens (including phenoxy) is 1. The molecule has 5 nitrogen and oxygen atoms in total. The van der Waals surface area contributed by atoms with Crippen LogP contribution in [-0.4, -0.2) is 27.8 Å². The van der Waals surface area contributed by atoms with Gasteiger partial charge in [0, 0.05) is 55.0 Å². The number of hydrogen-bond acceptors (Lipinski definition) is 3. The largest absolute Gasteiger partial charge is 0.487 e. The number of amides is 1. The first kappa shape index (κ1) is 18.3. The molecule has 146 valence electrons. The number of alkyl halides is 2. The smallest absolute Gasteiger partial charge is 0.278 e. The molecule has 0 aliphatic carbocycles. The van der Waals surface area contributed by atoms with E-state index >= 15 is 0 Å². The summed E-state index contributed by atoms with van der Waals surface area (Å²) in [6.45, 7) is -0.355. The van der Waals surface area contributed by atoms with E-state index in [-0.39, 0.29) is 23.6 Å². The summed E-state index contributed by atoms with van der Waals surface area (Å²) >= 11 is 0. The van der Waals surface area contributed by atoms with Crippen LogP contribution in [0, 0.1) is 11.6 Å². The topological polar surface area (TPSA) is 46.8 Å². The average molecular weight is 393 g/mol. The molecule has 3 heterocycles. The van der Waals surface area contributed by atoms with Crippen molar-refractivity contribution in [2.75, 3.05) is 11.5 Å². The van der Waals surface area contributed by atoms with E-state index in [0.29, 0.717) is 18.3 Å². The maximum Gasteiger partial charge on any atom is 0.278 e. The zero-order valence-electron chi connectivity index (χ0n) is 14.7. The highest BCUT2D eigenvalue weighted by molar-refractivity contribution is 6.01. The molecule has 2 aromatic heterocycles. The van der Waals surface area contributed by atoms with Gasteiger partial charge in [0.2, 0.25) is 5.91 Å². The number of β-lactam (4-membered cyclic amide) rings is 1. The molecule has 0 spiro atoms. The first-order valence-electron chi connectivity index (χ1n) is 8.47. The maximum atomic E-state index is 14.6. The lowest BCUT2D eigenvalue weighted by molar-refractivity contribution is -0.124. The van der Waals surface area contributed by atoms with Gasteiger partial charge in [-0.05, 0) is 6.07 Å². The predicted octanol–water partition coefficient (Wildman–Crippen LogP) is 4.12. The van der Waals surface area contributed by atoms with Crippen molar-refractivity contribution in [1.29, 1.82) is 0 Å². The minimum Gasteiger partial charge on any atom is -0.487 e. The molecule has 1 fully saturated rings. The van der Waals surface area contributed by atoms with Gasteiger partial charge in [0.25, 0.3) is 5.92 Å². The fourth-order valence-corrected chi connectivity index (χ4v) is 3.19. The van der Waals surface area contributed by atoms with Gasteiger partial charge in [0.1, 0.15) is 23.0 Å². The van der Waals surface area contributed by atoms with Crippen LogP contribution < -0.4 is 9.64 Å². The zero-order valence-corrected chi connectivity index (χ0v) is 14.7. The van der Waals surface area contributed by atoms with Crippen LogP contribution in [0.5, 0.6) is 5.75 Å². The van der Waals surface area contributed by atoms with Gasteiger partial charge in [-0.2, -0.15) is 0 Å². The van der Waals surface area contributed by atoms with Gasteiger partial charge in [0.05, 0.1) is 12.5 Å². The summed E-state index contributed by atoms with van der Waals surface area (Å²) in [6, 6.07) is 4.15. The Bertz CT molecular complexity index is 1040. The van der Waals surface area contributed by atoms with Crippen molar-refractivity contribution >= 4 is 17.2 Å². The van der Waals surface area contributed by atoms with Crippen LogP contribution in [0.15, 0.2) is 42.9 Å². The number of imidazole rings is 1. The van der Waals surface area contributed by atoms with Crippen LogP contribution in [0.4, 0.5) is 23.2 Å². The molecular weight excluding hydrogens is 378 g/mol. The van der Waals surface area contributed by atoms with Crippen molar-refractivity contribution in [3.05, 3.63) is 60.1 Å². The Morgan fingerprint density at radius 2 is 1.93 bits per heavy atom. The fourth-order valence-electron chi connectivity index (χ4n) is 3.19. The summed E-state index contributed by atoms with van der Waals surface area (Å²) in [7, 11) is 0. The van der Waals surface area contributed by atoms with Crippen molar-refractivity contribution in [1.82, 2.24) is 9.38 Å². The molecule has 1 aromatic carbocycles. The number of anilines is 1. The lowest BCUT2D eigenvalue weighted by Gasteiger charge is -2.41. The Hall–Kier alpha value is -3.10. The molecule has 28 heavy (non-hydrogen) atoms. The molecule has 1 saturated heterocycles. The highest BCUT2D eigenvalue weighted by Gasteiger charge is 2.41. The minimum absolute atomic E-state index is 0.0688. The monoisotopic (exact) mass is 393 g/mol. The van der Waals surface area contributed by atoms with Gasteiger partial charge in [-0.15, -0.1) is 0 Å². The number of benzene rings is 1. The number of fused-ring (bicyclic) bond motifs is 1. The van der Waals surface area contributed by atoms with Crippen molar-refractivity contribution < 1.29 is 27.1 Å². The third kappa shape index (κ3) is 3.28. The molecule has 1 aliphatic rings. The van der Waals surface area contributed by atoms with E-state index in [4.69, 9.17) is 4.74 Å². The minimum atomic E-state index is -3.13. The second-order valence-corrected chi connectivity index (χ2v) is 6.72. The van der Waals surface area contributed by atoms with E-state index in [1.807, 2.05) is 0 Å². The van der Waals surface area contributed by atoms with E-state index < -0.39 is 30.2 Å². The molecule has 0 bridgehead atoms. The van der Waals surface area contributed by atoms with Crippen molar-refractivity contribution in [2.24, 2.45) is 0 Å². The summed E-state index contributed by atoms with van der Waals surface area (Å²) in [5.41, 5.74) is 0.740. The average Bonchev–Trinajstić information content (AvgIpc) is 3.05. The van der Waals surface area contributed by atoms with Crippen LogP contribution in [-0.2, 0) is 4.79 Å². The van der Waals surface area contributed by atoms with Crippen LogP contribution in [0.3, 0.4) is 0 Å². The molecule has 0 radical (unpaired) electrons. The molecule has 0 N–H and O–H groups in total. The summed E-state index contributed by atoms with van der Waals surface area (Å²) in [5.74, 6) is -5.67. The lowest BCUT2D eigenvalue weighted by Crippen LogP contribution is -2.47. The van der Waals surface area contributed by atoms with Crippen molar-refractivity contribution in [3.63, 3.8) is 0 Å². The van der Waals surface area contributed by atoms with Gasteiger partial charge >= 0.3 is 0 Å². The SMILES string of the molecule is CC(F)(F)COc1cc(F)c(C2CC(=O)N2c2ccn3ccnc3c2)c(F)c1. The number of pyridine rings is 1. The van der Waals surface area contributed by atoms with Crippen molar-refractivity contribution in [3.8, 4) is 5.75 Å². The summed E-state index contributed by atoms with van der Waals surface area (Å²) in [4.78, 5) is 17.6. The van der Waals surface area contributed by atoms with E-state index in [9.17, 15) is 22.4 Å². The Balaban J connectivity index is 1.63. The number of nitrogens with zero attached hydrogens (tertiary/aromatic N) is 3. The van der Waals surface area contributed by atoms with Gasteiger partial charge < -0.3 is 14.0 Å². The lowest BCUT2D eigenvalue weighted by atomic mass is 9.92. The summed E-state index contributed by atoms with van der Waals surface area (Å²) in [5, 5.41) is 0. The number of rotatable bonds is 5. The predicted molar refractivity (Wildman–Crippen MR) is 92.5 cm³/mol. The van der Waals surface area contributed by atoms with Crippen LogP contribution in [0.25, 0.3) is 5.65 Å². The molecule has 9 heteroatoms. The Kier molecular flexibility index (Phi) is 4.24. The highest BCUT2D eigenvalue weighted by atomic mass is 19.3. The molecule has 1 aliphatic heterocycles. The molecule has 1 atom stereocenters. The van der Waals surface area contributed by atoms with E-state index in [1.54, 1.807) is 35.1 Å². The van der Waals surface area contributed by atoms with E-state index in [1.165, 1.54) is 4.90 Å². The van der Waals surface area contributed by atoms with Gasteiger partial charge in [0.15, 0.2) is 6.61 Å². The molecule has 1 unspecified atom stereocenters. The molecular formula is C19H15F4N3O2. The number of halogens is 4. The van der Waals surface area contributed by atoms with Crippen molar-refractivity contribution in [2.45, 2.75) is 25.3 Å². The fraction of sp³-hybridized carbons (Fsp3) is 0.263. The molecule has 1 amide bonds. The van der Waals surface area contributed by atoms with Gasteiger partial charge in [-0.1, -0.05) is 0 Å². The molecule has 3 aromatic rings. The summed E-state index contributed by atoms with van der Waals surface area (Å²) < 4.78 is 61.4. The Morgan fingerprint density at radius 1 is 1.21 bits per heavy atom. The van der Waals surface area contributed by atoms with Crippen LogP contribution >= 0.6 is 0 Å². The Morgan fingerprint density at radius 3 is 2.57 bits per heavy atom. The van der Waals surface area contributed by atoms with Gasteiger partial charge in [-0.3, -0.25) is 4.79 Å². The van der Waals surface area contributed by atoms with Gasteiger partial charge in [-0.25, -0.2) is 22.5 Å². The second kappa shape index (κ2) is 6.50. The number of carbonyl (C=O) groups is 1. The molecule has 0 saturated carbocycles. The third-order valence-corrected chi connectivity index (χ3v) is 4.49. The van der Waals surface area contributed by atoms with Crippen LogP contribution in [0.2, 0.25) is 0 Å². The third-order valence-electron chi connectivity index (χ3n) is 4.49. The first-order chi connectivity index (χ1) is 13.2. The highest BCUT2D eigenvalue weighted by Crippen LogP contribution is 2.42. The normalized spacial score (nSPS) is 17.1. The number of carbonyl (C=O) groups excluding carboxylic acids is 1. The first-order valence-corrected chi connectivity index (χ1v) is 8.47. The van der Waals surface area contributed by atoms with Crippen LogP contribution in [0.1, 0.15) is 24.9 Å². The summed E-state index contributed by atoms with van der Waals surface area (Å²) in [6.07, 6.45) is 4.94. The molecule has 4 rings (SSSR count). The number of aromatic nitrogens is 2.